The van der Waals surface area contributed by atoms with Crippen molar-refractivity contribution in [2.75, 3.05) is 14.2 Å². The summed E-state index contributed by atoms with van der Waals surface area (Å²) >= 11 is 0. The van der Waals surface area contributed by atoms with Gasteiger partial charge in [-0.05, 0) is 29.3 Å². The third-order valence-corrected chi connectivity index (χ3v) is 4.82. The van der Waals surface area contributed by atoms with Crippen molar-refractivity contribution in [2.45, 2.75) is 18.5 Å². The van der Waals surface area contributed by atoms with E-state index in [1.807, 2.05) is 36.4 Å². The number of H-pyrrole nitrogens is 1. The maximum atomic E-state index is 12.2. The molecule has 0 bridgehead atoms. The van der Waals surface area contributed by atoms with E-state index in [0.29, 0.717) is 6.42 Å². The average molecular weight is 336 g/mol. The summed E-state index contributed by atoms with van der Waals surface area (Å²) in [6, 6.07) is 15.6. The molecule has 0 unspecified atom stereocenters. The van der Waals surface area contributed by atoms with E-state index in [9.17, 15) is 4.79 Å². The molecule has 0 amide bonds. The van der Waals surface area contributed by atoms with Gasteiger partial charge in [0.05, 0.1) is 20.3 Å². The minimum Gasteiger partial charge on any atom is -0.497 e. The molecule has 5 heteroatoms. The number of methoxy groups -OCH3 is 2. The van der Waals surface area contributed by atoms with Crippen LogP contribution in [-0.4, -0.2) is 31.2 Å². The second-order valence-electron chi connectivity index (χ2n) is 6.22. The number of rotatable bonds is 3. The molecule has 0 radical (unpaired) electrons. The highest BCUT2D eigenvalue weighted by atomic mass is 16.5. The summed E-state index contributed by atoms with van der Waals surface area (Å²) in [6.45, 7) is 0. The summed E-state index contributed by atoms with van der Waals surface area (Å²) in [5.74, 6) is 0.543. The van der Waals surface area contributed by atoms with Crippen LogP contribution in [0, 0.1) is 0 Å². The van der Waals surface area contributed by atoms with E-state index in [0.717, 1.165) is 33.5 Å². The first kappa shape index (κ1) is 15.7. The number of aromatic nitrogens is 1. The zero-order valence-corrected chi connectivity index (χ0v) is 14.2. The summed E-state index contributed by atoms with van der Waals surface area (Å²) < 4.78 is 10.3. The monoisotopic (exact) mass is 336 g/mol. The fourth-order valence-corrected chi connectivity index (χ4v) is 3.61. The van der Waals surface area contributed by atoms with E-state index in [-0.39, 0.29) is 18.1 Å². The molecule has 128 valence electrons. The van der Waals surface area contributed by atoms with Gasteiger partial charge in [0, 0.05) is 23.0 Å². The Balaban J connectivity index is 1.87. The zero-order chi connectivity index (χ0) is 17.4. The molecule has 3 aromatic rings. The van der Waals surface area contributed by atoms with Gasteiger partial charge in [0.2, 0.25) is 0 Å². The summed E-state index contributed by atoms with van der Waals surface area (Å²) in [6.07, 6.45) is 0.604. The predicted molar refractivity (Wildman–Crippen MR) is 95.8 cm³/mol. The first-order valence-electron chi connectivity index (χ1n) is 8.28. The molecular formula is C20H20N2O3. The number of esters is 1. The van der Waals surface area contributed by atoms with Gasteiger partial charge >= 0.3 is 5.97 Å². The van der Waals surface area contributed by atoms with Crippen molar-refractivity contribution in [3.05, 3.63) is 65.4 Å². The molecule has 2 atom stereocenters. The highest BCUT2D eigenvalue weighted by molar-refractivity contribution is 5.87. The van der Waals surface area contributed by atoms with Crippen LogP contribution >= 0.6 is 0 Å². The molecule has 2 heterocycles. The molecule has 1 aliphatic heterocycles. The molecule has 0 saturated carbocycles. The van der Waals surface area contributed by atoms with Gasteiger partial charge < -0.3 is 14.5 Å². The first-order chi connectivity index (χ1) is 12.2. The highest BCUT2D eigenvalue weighted by Gasteiger charge is 2.34. The Morgan fingerprint density at radius 2 is 1.96 bits per heavy atom. The molecule has 1 aliphatic rings. The zero-order valence-electron chi connectivity index (χ0n) is 14.2. The number of carbonyl (C=O) groups excluding carboxylic acids is 1. The van der Waals surface area contributed by atoms with Gasteiger partial charge in [0.15, 0.2) is 0 Å². The first-order valence-corrected chi connectivity index (χ1v) is 8.28. The molecule has 25 heavy (non-hydrogen) atoms. The lowest BCUT2D eigenvalue weighted by Gasteiger charge is -2.30. The smallest absolute Gasteiger partial charge is 0.323 e. The number of hydrogen-bond acceptors (Lipinski definition) is 4. The van der Waals surface area contributed by atoms with Crippen molar-refractivity contribution in [3.8, 4) is 5.75 Å². The van der Waals surface area contributed by atoms with E-state index in [2.05, 4.69) is 22.4 Å². The lowest BCUT2D eigenvalue weighted by Crippen LogP contribution is -2.45. The fraction of sp³-hybridized carbons (Fsp3) is 0.250. The van der Waals surface area contributed by atoms with Crippen molar-refractivity contribution < 1.29 is 14.3 Å². The van der Waals surface area contributed by atoms with E-state index in [1.54, 1.807) is 7.11 Å². The van der Waals surface area contributed by atoms with Gasteiger partial charge in [-0.1, -0.05) is 30.3 Å². The maximum absolute atomic E-state index is 12.2. The highest BCUT2D eigenvalue weighted by Crippen LogP contribution is 2.36. The number of carbonyl (C=O) groups is 1. The summed E-state index contributed by atoms with van der Waals surface area (Å²) in [7, 11) is 3.08. The van der Waals surface area contributed by atoms with E-state index < -0.39 is 0 Å². The van der Waals surface area contributed by atoms with E-state index >= 15 is 0 Å². The van der Waals surface area contributed by atoms with Gasteiger partial charge in [-0.3, -0.25) is 10.1 Å². The number of ether oxygens (including phenoxy) is 2. The van der Waals surface area contributed by atoms with Crippen molar-refractivity contribution in [3.63, 3.8) is 0 Å². The van der Waals surface area contributed by atoms with Gasteiger partial charge in [-0.15, -0.1) is 0 Å². The van der Waals surface area contributed by atoms with Crippen LogP contribution in [0.25, 0.3) is 10.9 Å². The van der Waals surface area contributed by atoms with Crippen molar-refractivity contribution >= 4 is 16.9 Å². The van der Waals surface area contributed by atoms with Crippen LogP contribution in [0.3, 0.4) is 0 Å². The normalized spacial score (nSPS) is 19.4. The number of hydrogen-bond donors (Lipinski definition) is 2. The number of nitrogens with one attached hydrogen (secondary N) is 2. The Labute approximate surface area is 146 Å². The second-order valence-corrected chi connectivity index (χ2v) is 6.22. The Kier molecular flexibility index (Phi) is 3.93. The largest absolute Gasteiger partial charge is 0.497 e. The van der Waals surface area contributed by atoms with Crippen LogP contribution in [0.2, 0.25) is 0 Å². The molecule has 0 fully saturated rings. The molecule has 0 saturated heterocycles. The van der Waals surface area contributed by atoms with Gasteiger partial charge in [-0.25, -0.2) is 0 Å². The van der Waals surface area contributed by atoms with Gasteiger partial charge in [-0.2, -0.15) is 0 Å². The summed E-state index contributed by atoms with van der Waals surface area (Å²) in [5, 5.41) is 4.58. The molecule has 2 N–H and O–H groups in total. The van der Waals surface area contributed by atoms with Crippen molar-refractivity contribution in [2.24, 2.45) is 0 Å². The molecule has 5 nitrogen and oxygen atoms in total. The van der Waals surface area contributed by atoms with Crippen LogP contribution in [0.4, 0.5) is 0 Å². The maximum Gasteiger partial charge on any atom is 0.323 e. The number of fused-ring (bicyclic) bond motifs is 3. The Morgan fingerprint density at radius 3 is 2.76 bits per heavy atom. The Hall–Kier alpha value is -2.79. The Bertz CT molecular complexity index is 932. The van der Waals surface area contributed by atoms with Crippen LogP contribution in [-0.2, 0) is 16.0 Å². The summed E-state index contributed by atoms with van der Waals surface area (Å²) in [4.78, 5) is 15.7. The van der Waals surface area contributed by atoms with Gasteiger partial charge in [0.1, 0.15) is 11.8 Å². The third-order valence-electron chi connectivity index (χ3n) is 4.82. The molecule has 0 spiro atoms. The summed E-state index contributed by atoms with van der Waals surface area (Å²) in [5.41, 5.74) is 4.38. The van der Waals surface area contributed by atoms with Crippen molar-refractivity contribution in [1.29, 1.82) is 0 Å². The average Bonchev–Trinajstić information content (AvgIpc) is 3.05. The Morgan fingerprint density at radius 1 is 1.12 bits per heavy atom. The minimum absolute atomic E-state index is 0.129. The second kappa shape index (κ2) is 6.26. The quantitative estimate of drug-likeness (QED) is 0.722. The third kappa shape index (κ3) is 2.66. The topological polar surface area (TPSA) is 63.4 Å². The van der Waals surface area contributed by atoms with Crippen molar-refractivity contribution in [1.82, 2.24) is 10.3 Å². The lowest BCUT2D eigenvalue weighted by atomic mass is 9.90. The minimum atomic E-state index is -0.382. The fourth-order valence-electron chi connectivity index (χ4n) is 3.61. The van der Waals surface area contributed by atoms with Crippen LogP contribution in [0.15, 0.2) is 48.5 Å². The van der Waals surface area contributed by atoms with E-state index in [1.165, 1.54) is 7.11 Å². The van der Waals surface area contributed by atoms with Crippen LogP contribution in [0.1, 0.15) is 22.9 Å². The van der Waals surface area contributed by atoms with E-state index in [4.69, 9.17) is 9.47 Å². The number of para-hydroxylation sites is 1. The van der Waals surface area contributed by atoms with Crippen LogP contribution < -0.4 is 10.1 Å². The molecule has 4 rings (SSSR count). The molecule has 1 aromatic heterocycles. The molecular weight excluding hydrogens is 316 g/mol. The SMILES string of the molecule is COC(=O)[C@@H]1Cc2c([nH]c3ccccc23)[C@H](c2cccc(OC)c2)N1. The lowest BCUT2D eigenvalue weighted by molar-refractivity contribution is -0.143. The van der Waals surface area contributed by atoms with Gasteiger partial charge in [0.25, 0.3) is 0 Å². The standard InChI is InChI=1S/C20H20N2O3/c1-24-13-7-5-6-12(10-13)18-19-15(11-17(22-18)20(23)25-2)14-8-3-4-9-16(14)21-19/h3-10,17-18,21-22H,11H2,1-2H3/t17-,18-/m0/s1. The van der Waals surface area contributed by atoms with Crippen LogP contribution in [0.5, 0.6) is 5.75 Å². The number of benzene rings is 2. The molecule has 0 aliphatic carbocycles. The predicted octanol–water partition coefficient (Wildman–Crippen LogP) is 2.95. The molecule has 2 aromatic carbocycles. The number of aromatic amines is 1.